The lowest BCUT2D eigenvalue weighted by Gasteiger charge is -2.40. The first kappa shape index (κ1) is 13.9. The third-order valence-corrected chi connectivity index (χ3v) is 4.92. The summed E-state index contributed by atoms with van der Waals surface area (Å²) >= 11 is 6.24. The van der Waals surface area contributed by atoms with Gasteiger partial charge in [-0.3, -0.25) is 0 Å². The highest BCUT2D eigenvalue weighted by Gasteiger charge is 2.35. The van der Waals surface area contributed by atoms with Crippen molar-refractivity contribution in [3.63, 3.8) is 0 Å². The zero-order valence-electron chi connectivity index (χ0n) is 11.7. The van der Waals surface area contributed by atoms with E-state index in [2.05, 4.69) is 32.0 Å². The van der Waals surface area contributed by atoms with Gasteiger partial charge in [0.05, 0.1) is 0 Å². The average Bonchev–Trinajstić information content (AvgIpc) is 2.32. The summed E-state index contributed by atoms with van der Waals surface area (Å²) in [6, 6.07) is 6.31. The molecule has 0 saturated heterocycles. The second-order valence-corrected chi connectivity index (χ2v) is 6.63. The summed E-state index contributed by atoms with van der Waals surface area (Å²) < 4.78 is 0. The lowest BCUT2D eigenvalue weighted by Crippen LogP contribution is -2.42. The van der Waals surface area contributed by atoms with Gasteiger partial charge in [-0.15, -0.1) is 0 Å². The Balaban J connectivity index is 2.26. The Bertz CT molecular complexity index is 427. The van der Waals surface area contributed by atoms with Gasteiger partial charge in [-0.25, -0.2) is 0 Å². The molecule has 0 bridgehead atoms. The molecule has 0 spiro atoms. The highest BCUT2D eigenvalue weighted by molar-refractivity contribution is 6.31. The molecular weight excluding hydrogens is 242 g/mol. The summed E-state index contributed by atoms with van der Waals surface area (Å²) in [6.45, 7) is 6.64. The van der Waals surface area contributed by atoms with E-state index in [0.29, 0.717) is 5.92 Å². The minimum absolute atomic E-state index is 0.176. The largest absolute Gasteiger partial charge is 0.321 e. The van der Waals surface area contributed by atoms with Gasteiger partial charge in [0.1, 0.15) is 0 Å². The first-order chi connectivity index (χ1) is 8.42. The highest BCUT2D eigenvalue weighted by atomic mass is 35.5. The third-order valence-electron chi connectivity index (χ3n) is 4.51. The standard InChI is InChI=1S/C16H24ClN/c1-11(2)13-5-4-8-16(18,10-13)14-7-6-12(3)15(17)9-14/h6-7,9,11,13H,4-5,8,10,18H2,1-3H3. The van der Waals surface area contributed by atoms with E-state index in [9.17, 15) is 0 Å². The van der Waals surface area contributed by atoms with Crippen LogP contribution in [0.25, 0.3) is 0 Å². The van der Waals surface area contributed by atoms with E-state index in [0.717, 1.165) is 29.3 Å². The van der Waals surface area contributed by atoms with Crippen molar-refractivity contribution in [2.24, 2.45) is 17.6 Å². The van der Waals surface area contributed by atoms with Crippen LogP contribution in [0.3, 0.4) is 0 Å². The first-order valence-corrected chi connectivity index (χ1v) is 7.36. The van der Waals surface area contributed by atoms with Crippen LogP contribution in [0.15, 0.2) is 18.2 Å². The zero-order valence-corrected chi connectivity index (χ0v) is 12.4. The Morgan fingerprint density at radius 1 is 1.39 bits per heavy atom. The molecule has 0 aliphatic heterocycles. The van der Waals surface area contributed by atoms with Crippen molar-refractivity contribution in [2.75, 3.05) is 0 Å². The molecule has 1 aliphatic carbocycles. The van der Waals surface area contributed by atoms with Gasteiger partial charge in [0.25, 0.3) is 0 Å². The molecule has 18 heavy (non-hydrogen) atoms. The third kappa shape index (κ3) is 2.73. The molecule has 100 valence electrons. The summed E-state index contributed by atoms with van der Waals surface area (Å²) in [6.07, 6.45) is 4.71. The lowest BCUT2D eigenvalue weighted by molar-refractivity contribution is 0.184. The number of rotatable bonds is 2. The molecule has 0 radical (unpaired) electrons. The molecule has 1 nitrogen and oxygen atoms in total. The van der Waals surface area contributed by atoms with Crippen LogP contribution in [0, 0.1) is 18.8 Å². The predicted molar refractivity (Wildman–Crippen MR) is 78.9 cm³/mol. The van der Waals surface area contributed by atoms with E-state index < -0.39 is 0 Å². The Kier molecular flexibility index (Phi) is 4.03. The number of hydrogen-bond donors (Lipinski definition) is 1. The van der Waals surface area contributed by atoms with E-state index in [1.165, 1.54) is 18.4 Å². The topological polar surface area (TPSA) is 26.0 Å². The van der Waals surface area contributed by atoms with Gasteiger partial charge in [0.15, 0.2) is 0 Å². The fourth-order valence-corrected chi connectivity index (χ4v) is 3.27. The Hall–Kier alpha value is -0.530. The van der Waals surface area contributed by atoms with Gasteiger partial charge in [-0.05, 0) is 48.8 Å². The second kappa shape index (κ2) is 5.22. The monoisotopic (exact) mass is 265 g/mol. The molecule has 2 atom stereocenters. The number of halogens is 1. The van der Waals surface area contributed by atoms with Gasteiger partial charge >= 0.3 is 0 Å². The van der Waals surface area contributed by atoms with Crippen LogP contribution in [-0.4, -0.2) is 0 Å². The van der Waals surface area contributed by atoms with Crippen LogP contribution in [0.1, 0.15) is 50.7 Å². The molecule has 0 heterocycles. The van der Waals surface area contributed by atoms with Crippen LogP contribution in [-0.2, 0) is 5.54 Å². The van der Waals surface area contributed by atoms with Crippen molar-refractivity contribution < 1.29 is 0 Å². The van der Waals surface area contributed by atoms with Gasteiger partial charge < -0.3 is 5.73 Å². The van der Waals surface area contributed by atoms with Crippen molar-refractivity contribution in [2.45, 2.75) is 52.0 Å². The van der Waals surface area contributed by atoms with E-state index in [-0.39, 0.29) is 5.54 Å². The number of hydrogen-bond acceptors (Lipinski definition) is 1. The molecule has 2 heteroatoms. The van der Waals surface area contributed by atoms with Gasteiger partial charge in [0, 0.05) is 10.6 Å². The molecule has 2 rings (SSSR count). The van der Waals surface area contributed by atoms with Gasteiger partial charge in [-0.1, -0.05) is 50.4 Å². The van der Waals surface area contributed by atoms with E-state index in [4.69, 9.17) is 17.3 Å². The maximum atomic E-state index is 6.67. The molecule has 1 aliphatic rings. The summed E-state index contributed by atoms with van der Waals surface area (Å²) in [5.74, 6) is 1.46. The molecule has 0 aromatic heterocycles. The minimum atomic E-state index is -0.176. The quantitative estimate of drug-likeness (QED) is 0.828. The van der Waals surface area contributed by atoms with Crippen molar-refractivity contribution in [1.29, 1.82) is 0 Å². The summed E-state index contributed by atoms with van der Waals surface area (Å²) in [7, 11) is 0. The fourth-order valence-electron chi connectivity index (χ4n) is 3.09. The van der Waals surface area contributed by atoms with Crippen molar-refractivity contribution in [3.05, 3.63) is 34.3 Å². The molecule has 2 unspecified atom stereocenters. The zero-order chi connectivity index (χ0) is 13.3. The minimum Gasteiger partial charge on any atom is -0.321 e. The van der Waals surface area contributed by atoms with Crippen LogP contribution in [0.2, 0.25) is 5.02 Å². The normalized spacial score (nSPS) is 28.7. The SMILES string of the molecule is Cc1ccc(C2(N)CCCC(C(C)C)C2)cc1Cl. The molecule has 2 N–H and O–H groups in total. The maximum absolute atomic E-state index is 6.67. The Labute approximate surface area is 116 Å². The van der Waals surface area contributed by atoms with Crippen molar-refractivity contribution in [3.8, 4) is 0 Å². The highest BCUT2D eigenvalue weighted by Crippen LogP contribution is 2.41. The average molecular weight is 266 g/mol. The molecule has 1 saturated carbocycles. The van der Waals surface area contributed by atoms with Gasteiger partial charge in [-0.2, -0.15) is 0 Å². The molecule has 1 aromatic carbocycles. The van der Waals surface area contributed by atoms with E-state index in [1.807, 2.05) is 6.92 Å². The number of nitrogens with two attached hydrogens (primary N) is 1. The summed E-state index contributed by atoms with van der Waals surface area (Å²) in [5, 5.41) is 0.837. The van der Waals surface area contributed by atoms with Crippen molar-refractivity contribution in [1.82, 2.24) is 0 Å². The fraction of sp³-hybridized carbons (Fsp3) is 0.625. The van der Waals surface area contributed by atoms with Crippen LogP contribution < -0.4 is 5.73 Å². The first-order valence-electron chi connectivity index (χ1n) is 6.98. The summed E-state index contributed by atoms with van der Waals surface area (Å²) in [4.78, 5) is 0. The number of aryl methyl sites for hydroxylation is 1. The maximum Gasteiger partial charge on any atom is 0.0438 e. The van der Waals surface area contributed by atoms with E-state index in [1.54, 1.807) is 0 Å². The molecule has 0 amide bonds. The smallest absolute Gasteiger partial charge is 0.0438 e. The summed E-state index contributed by atoms with van der Waals surface area (Å²) in [5.41, 5.74) is 8.83. The predicted octanol–water partition coefficient (Wildman–Crippen LogP) is 4.65. The lowest BCUT2D eigenvalue weighted by atomic mass is 9.69. The second-order valence-electron chi connectivity index (χ2n) is 6.22. The van der Waals surface area contributed by atoms with Crippen molar-refractivity contribution >= 4 is 11.6 Å². The van der Waals surface area contributed by atoms with E-state index >= 15 is 0 Å². The molecular formula is C16H24ClN. The van der Waals surface area contributed by atoms with Crippen LogP contribution in [0.5, 0.6) is 0 Å². The molecule has 1 fully saturated rings. The Morgan fingerprint density at radius 3 is 2.72 bits per heavy atom. The number of benzene rings is 1. The van der Waals surface area contributed by atoms with Crippen LogP contribution in [0.4, 0.5) is 0 Å². The van der Waals surface area contributed by atoms with Crippen LogP contribution >= 0.6 is 11.6 Å². The Morgan fingerprint density at radius 2 is 2.11 bits per heavy atom. The van der Waals surface area contributed by atoms with Gasteiger partial charge in [0.2, 0.25) is 0 Å². The molecule has 1 aromatic rings.